The zero-order chi connectivity index (χ0) is 20.3. The van der Waals surface area contributed by atoms with E-state index in [0.717, 1.165) is 5.56 Å². The van der Waals surface area contributed by atoms with Crippen molar-refractivity contribution in [3.63, 3.8) is 0 Å². The molecule has 0 bridgehead atoms. The molecule has 0 saturated carbocycles. The summed E-state index contributed by atoms with van der Waals surface area (Å²) < 4.78 is 5.36. The van der Waals surface area contributed by atoms with Gasteiger partial charge < -0.3 is 14.5 Å². The van der Waals surface area contributed by atoms with Crippen molar-refractivity contribution in [3.8, 4) is 0 Å². The number of ether oxygens (including phenoxy) is 1. The maximum Gasteiger partial charge on any atom is 0.274 e. The van der Waals surface area contributed by atoms with E-state index in [1.54, 1.807) is 11.9 Å². The van der Waals surface area contributed by atoms with Gasteiger partial charge in [-0.25, -0.2) is 9.97 Å². The monoisotopic (exact) mass is 402 g/mol. The highest BCUT2D eigenvalue weighted by molar-refractivity contribution is 6.33. The van der Waals surface area contributed by atoms with E-state index >= 15 is 0 Å². The Morgan fingerprint density at radius 1 is 1.21 bits per heavy atom. The van der Waals surface area contributed by atoms with Gasteiger partial charge in [-0.05, 0) is 16.5 Å². The highest BCUT2D eigenvalue weighted by Crippen LogP contribution is 2.23. The number of morpholine rings is 1. The Labute approximate surface area is 171 Å². The Morgan fingerprint density at radius 2 is 1.86 bits per heavy atom. The van der Waals surface area contributed by atoms with E-state index < -0.39 is 0 Å². The summed E-state index contributed by atoms with van der Waals surface area (Å²) in [6.07, 6.45) is 1.50. The number of amides is 1. The van der Waals surface area contributed by atoms with Gasteiger partial charge in [0.05, 0.1) is 24.4 Å². The standard InChI is InChI=1S/C21H27ClN4O2/c1-21(2,3)16-7-5-15(6-8-16)14-25(4)19(27)18-17(22)13-23-20(24-18)26-9-11-28-12-10-26/h5-8,13H,9-12,14H2,1-4H3. The van der Waals surface area contributed by atoms with E-state index in [9.17, 15) is 4.79 Å². The number of benzene rings is 1. The summed E-state index contributed by atoms with van der Waals surface area (Å²) in [4.78, 5) is 25.3. The molecule has 1 aromatic carbocycles. The fourth-order valence-corrected chi connectivity index (χ4v) is 3.23. The van der Waals surface area contributed by atoms with Crippen molar-refractivity contribution in [3.05, 3.63) is 52.3 Å². The molecule has 1 aliphatic rings. The minimum atomic E-state index is -0.221. The largest absolute Gasteiger partial charge is 0.378 e. The second-order valence-electron chi connectivity index (χ2n) is 8.07. The lowest BCUT2D eigenvalue weighted by Gasteiger charge is -2.27. The van der Waals surface area contributed by atoms with E-state index in [1.165, 1.54) is 11.8 Å². The van der Waals surface area contributed by atoms with E-state index in [2.05, 4.69) is 55.0 Å². The third-order valence-electron chi connectivity index (χ3n) is 4.81. The molecular weight excluding hydrogens is 376 g/mol. The van der Waals surface area contributed by atoms with Crippen LogP contribution in [0.5, 0.6) is 0 Å². The molecule has 6 nitrogen and oxygen atoms in total. The molecule has 1 aliphatic heterocycles. The van der Waals surface area contributed by atoms with Crippen LogP contribution in [0.25, 0.3) is 0 Å². The fourth-order valence-electron chi connectivity index (χ4n) is 3.06. The molecule has 0 atom stereocenters. The minimum Gasteiger partial charge on any atom is -0.378 e. The number of aromatic nitrogens is 2. The normalized spacial score (nSPS) is 14.8. The van der Waals surface area contributed by atoms with Crippen LogP contribution in [-0.2, 0) is 16.7 Å². The lowest BCUT2D eigenvalue weighted by atomic mass is 9.87. The van der Waals surface area contributed by atoms with E-state index in [-0.39, 0.29) is 22.0 Å². The van der Waals surface area contributed by atoms with Crippen LogP contribution in [0.4, 0.5) is 5.95 Å². The van der Waals surface area contributed by atoms with E-state index in [4.69, 9.17) is 16.3 Å². The number of carbonyl (C=O) groups is 1. The SMILES string of the molecule is CN(Cc1ccc(C(C)(C)C)cc1)C(=O)c1nc(N2CCOCC2)ncc1Cl. The first-order valence-corrected chi connectivity index (χ1v) is 9.83. The lowest BCUT2D eigenvalue weighted by Crippen LogP contribution is -2.38. The van der Waals surface area contributed by atoms with Gasteiger partial charge in [0.15, 0.2) is 5.69 Å². The molecule has 1 fully saturated rings. The summed E-state index contributed by atoms with van der Waals surface area (Å²) in [6.45, 7) is 9.68. The molecule has 0 N–H and O–H groups in total. The number of halogens is 1. The average Bonchev–Trinajstić information content (AvgIpc) is 2.68. The molecule has 3 rings (SSSR count). The van der Waals surface area contributed by atoms with Crippen LogP contribution < -0.4 is 4.90 Å². The Kier molecular flexibility index (Phi) is 6.20. The molecule has 0 spiro atoms. The molecule has 0 unspecified atom stereocenters. The molecule has 0 aliphatic carbocycles. The molecule has 1 aromatic heterocycles. The number of nitrogens with zero attached hydrogens (tertiary/aromatic N) is 4. The number of hydrogen-bond donors (Lipinski definition) is 0. The molecular formula is C21H27ClN4O2. The maximum absolute atomic E-state index is 12.9. The van der Waals surface area contributed by atoms with Crippen LogP contribution in [0, 0.1) is 0 Å². The number of hydrogen-bond acceptors (Lipinski definition) is 5. The first-order valence-electron chi connectivity index (χ1n) is 9.46. The minimum absolute atomic E-state index is 0.102. The van der Waals surface area contributed by atoms with E-state index in [1.807, 2.05) is 4.90 Å². The molecule has 28 heavy (non-hydrogen) atoms. The van der Waals surface area contributed by atoms with Gasteiger partial charge in [-0.1, -0.05) is 56.6 Å². The highest BCUT2D eigenvalue weighted by Gasteiger charge is 2.22. The van der Waals surface area contributed by atoms with Crippen molar-refractivity contribution in [1.82, 2.24) is 14.9 Å². The van der Waals surface area contributed by atoms with Gasteiger partial charge in [-0.15, -0.1) is 0 Å². The van der Waals surface area contributed by atoms with Crippen molar-refractivity contribution in [1.29, 1.82) is 0 Å². The zero-order valence-corrected chi connectivity index (χ0v) is 17.7. The van der Waals surface area contributed by atoms with Crippen molar-refractivity contribution in [2.75, 3.05) is 38.3 Å². The highest BCUT2D eigenvalue weighted by atomic mass is 35.5. The Morgan fingerprint density at radius 3 is 2.46 bits per heavy atom. The van der Waals surface area contributed by atoms with Gasteiger partial charge in [-0.3, -0.25) is 4.79 Å². The predicted molar refractivity (Wildman–Crippen MR) is 111 cm³/mol. The van der Waals surface area contributed by atoms with Gasteiger partial charge in [0.25, 0.3) is 5.91 Å². The topological polar surface area (TPSA) is 58.6 Å². The zero-order valence-electron chi connectivity index (χ0n) is 16.9. The van der Waals surface area contributed by atoms with Gasteiger partial charge in [0.2, 0.25) is 5.95 Å². The van der Waals surface area contributed by atoms with Crippen molar-refractivity contribution in [2.45, 2.75) is 32.7 Å². The summed E-state index contributed by atoms with van der Waals surface area (Å²) in [7, 11) is 1.76. The van der Waals surface area contributed by atoms with Gasteiger partial charge >= 0.3 is 0 Å². The van der Waals surface area contributed by atoms with Crippen LogP contribution >= 0.6 is 11.6 Å². The number of anilines is 1. The van der Waals surface area contributed by atoms with Crippen LogP contribution in [0.1, 0.15) is 42.4 Å². The quantitative estimate of drug-likeness (QED) is 0.782. The second-order valence-corrected chi connectivity index (χ2v) is 8.48. The van der Waals surface area contributed by atoms with Crippen LogP contribution in [-0.4, -0.2) is 54.1 Å². The first-order chi connectivity index (χ1) is 13.3. The third kappa shape index (κ3) is 4.80. The molecule has 1 saturated heterocycles. The summed E-state index contributed by atoms with van der Waals surface area (Å²) in [5, 5.41) is 0.261. The van der Waals surface area contributed by atoms with Gasteiger partial charge in [-0.2, -0.15) is 0 Å². The van der Waals surface area contributed by atoms with Crippen LogP contribution in [0.3, 0.4) is 0 Å². The van der Waals surface area contributed by atoms with Crippen molar-refractivity contribution in [2.24, 2.45) is 0 Å². The average molecular weight is 403 g/mol. The summed E-state index contributed by atoms with van der Waals surface area (Å²) >= 11 is 6.23. The molecule has 2 aromatic rings. The molecule has 1 amide bonds. The fraction of sp³-hybridized carbons (Fsp3) is 0.476. The first kappa shape index (κ1) is 20.6. The predicted octanol–water partition coefficient (Wildman–Crippen LogP) is 3.54. The number of carbonyl (C=O) groups excluding carboxylic acids is 1. The molecule has 7 heteroatoms. The Hall–Kier alpha value is -2.18. The molecule has 0 radical (unpaired) electrons. The smallest absolute Gasteiger partial charge is 0.274 e. The Balaban J connectivity index is 1.73. The third-order valence-corrected chi connectivity index (χ3v) is 5.09. The van der Waals surface area contributed by atoms with Crippen LogP contribution in [0.15, 0.2) is 30.5 Å². The number of rotatable bonds is 4. The summed E-state index contributed by atoms with van der Waals surface area (Å²) in [6, 6.07) is 8.35. The summed E-state index contributed by atoms with van der Waals surface area (Å²) in [5.41, 5.74) is 2.65. The maximum atomic E-state index is 12.9. The lowest BCUT2D eigenvalue weighted by molar-refractivity contribution is 0.0779. The molecule has 2 heterocycles. The second kappa shape index (κ2) is 8.45. The Bertz CT molecular complexity index is 827. The van der Waals surface area contributed by atoms with Gasteiger partial charge in [0.1, 0.15) is 0 Å². The summed E-state index contributed by atoms with van der Waals surface area (Å²) in [5.74, 6) is 0.292. The van der Waals surface area contributed by atoms with E-state index in [0.29, 0.717) is 38.8 Å². The van der Waals surface area contributed by atoms with Crippen molar-refractivity contribution >= 4 is 23.5 Å². The van der Waals surface area contributed by atoms with Crippen molar-refractivity contribution < 1.29 is 9.53 Å². The van der Waals surface area contributed by atoms with Crippen LogP contribution in [0.2, 0.25) is 5.02 Å². The van der Waals surface area contributed by atoms with Gasteiger partial charge in [0, 0.05) is 26.7 Å². The molecule has 150 valence electrons.